The summed E-state index contributed by atoms with van der Waals surface area (Å²) in [4.78, 5) is 30.1. The normalized spacial score (nSPS) is 20.3. The number of amides is 1. The number of hydrogen-bond acceptors (Lipinski definition) is 4. The molecule has 2 bridgehead atoms. The quantitative estimate of drug-likeness (QED) is 0.445. The maximum absolute atomic E-state index is 13.4. The van der Waals surface area contributed by atoms with Crippen molar-refractivity contribution in [1.29, 1.82) is 0 Å². The highest BCUT2D eigenvalue weighted by molar-refractivity contribution is 7.22. The monoisotopic (exact) mass is 432 g/mol. The van der Waals surface area contributed by atoms with Gasteiger partial charge in [0.1, 0.15) is 0 Å². The molecule has 30 heavy (non-hydrogen) atoms. The van der Waals surface area contributed by atoms with Gasteiger partial charge in [-0.25, -0.2) is 0 Å². The third kappa shape index (κ3) is 2.86. The molecule has 150 valence electrons. The summed E-state index contributed by atoms with van der Waals surface area (Å²) in [5.41, 5.74) is 1.96. The number of benzene rings is 1. The highest BCUT2D eigenvalue weighted by Gasteiger charge is 2.37. The number of carbonyl (C=O) groups excluding carboxylic acids is 1. The molecular weight excluding hydrogens is 412 g/mol. The van der Waals surface area contributed by atoms with E-state index in [9.17, 15) is 9.59 Å². The van der Waals surface area contributed by atoms with Gasteiger partial charge in [-0.2, -0.15) is 0 Å². The Balaban J connectivity index is 1.36. The average molecular weight is 433 g/mol. The van der Waals surface area contributed by atoms with Crippen molar-refractivity contribution in [2.75, 3.05) is 13.1 Å². The first kappa shape index (κ1) is 18.1. The van der Waals surface area contributed by atoms with Crippen LogP contribution in [0, 0.1) is 5.92 Å². The van der Waals surface area contributed by atoms with E-state index in [0.717, 1.165) is 34.0 Å². The first-order valence-corrected chi connectivity index (χ1v) is 11.9. The molecule has 0 unspecified atom stereocenters. The van der Waals surface area contributed by atoms with E-state index in [0.29, 0.717) is 19.0 Å². The number of rotatable bonds is 2. The zero-order chi connectivity index (χ0) is 20.2. The Hall–Kier alpha value is -2.70. The molecule has 0 N–H and O–H groups in total. The smallest absolute Gasteiger partial charge is 0.263 e. The second-order valence-electron chi connectivity index (χ2n) is 8.22. The van der Waals surface area contributed by atoms with E-state index in [2.05, 4.69) is 24.3 Å². The summed E-state index contributed by atoms with van der Waals surface area (Å²) in [6.45, 7) is 2.11. The minimum absolute atomic E-state index is 0.104. The molecule has 3 aromatic heterocycles. The summed E-state index contributed by atoms with van der Waals surface area (Å²) in [5, 5.41) is 3.13. The molecule has 1 aromatic carbocycles. The maximum Gasteiger partial charge on any atom is 0.263 e. The van der Waals surface area contributed by atoms with E-state index < -0.39 is 0 Å². The molecule has 0 saturated carbocycles. The molecular formula is C24H20N2O2S2. The highest BCUT2D eigenvalue weighted by atomic mass is 32.1. The van der Waals surface area contributed by atoms with E-state index in [4.69, 9.17) is 0 Å². The van der Waals surface area contributed by atoms with Crippen molar-refractivity contribution in [3.05, 3.63) is 80.9 Å². The van der Waals surface area contributed by atoms with Crippen LogP contribution in [0.3, 0.4) is 0 Å². The molecule has 6 rings (SSSR count). The Morgan fingerprint density at radius 2 is 1.90 bits per heavy atom. The Morgan fingerprint density at radius 1 is 1.00 bits per heavy atom. The van der Waals surface area contributed by atoms with Crippen LogP contribution in [-0.2, 0) is 6.54 Å². The fraction of sp³-hybridized carbons (Fsp3) is 0.250. The largest absolute Gasteiger partial charge is 0.337 e. The zero-order valence-corrected chi connectivity index (χ0v) is 17.9. The summed E-state index contributed by atoms with van der Waals surface area (Å²) in [7, 11) is 0. The van der Waals surface area contributed by atoms with Gasteiger partial charge >= 0.3 is 0 Å². The van der Waals surface area contributed by atoms with Gasteiger partial charge < -0.3 is 9.47 Å². The number of fused-ring (bicyclic) bond motifs is 5. The van der Waals surface area contributed by atoms with E-state index in [1.165, 1.54) is 21.4 Å². The van der Waals surface area contributed by atoms with Gasteiger partial charge in [-0.1, -0.05) is 24.3 Å². The summed E-state index contributed by atoms with van der Waals surface area (Å²) < 4.78 is 3.18. The molecule has 0 radical (unpaired) electrons. The number of carbonyl (C=O) groups is 1. The first-order chi connectivity index (χ1) is 14.7. The molecule has 0 aliphatic carbocycles. The highest BCUT2D eigenvalue weighted by Crippen LogP contribution is 2.38. The molecule has 1 fully saturated rings. The lowest BCUT2D eigenvalue weighted by atomic mass is 9.83. The number of piperidine rings is 1. The molecule has 1 amide bonds. The van der Waals surface area contributed by atoms with E-state index >= 15 is 0 Å². The van der Waals surface area contributed by atoms with Crippen molar-refractivity contribution in [3.63, 3.8) is 0 Å². The van der Waals surface area contributed by atoms with Gasteiger partial charge in [0.2, 0.25) is 0 Å². The van der Waals surface area contributed by atoms with Crippen LogP contribution in [0.4, 0.5) is 0 Å². The fourth-order valence-electron chi connectivity index (χ4n) is 4.97. The topological polar surface area (TPSA) is 42.3 Å². The molecule has 2 aliphatic rings. The van der Waals surface area contributed by atoms with Crippen LogP contribution < -0.4 is 5.56 Å². The summed E-state index contributed by atoms with van der Waals surface area (Å²) >= 11 is 3.17. The SMILES string of the molecule is O=C(c1cccs1)N1C[C@@H]2C[C@H](C1)c1ccc(-c3cc4ccccc4s3)c(=O)n1C2. The number of hydrogen-bond donors (Lipinski definition) is 0. The zero-order valence-electron chi connectivity index (χ0n) is 16.3. The second kappa shape index (κ2) is 6.93. The van der Waals surface area contributed by atoms with Crippen molar-refractivity contribution < 1.29 is 4.79 Å². The third-order valence-electron chi connectivity index (χ3n) is 6.31. The summed E-state index contributed by atoms with van der Waals surface area (Å²) in [6, 6.07) is 18.3. The van der Waals surface area contributed by atoms with Crippen LogP contribution in [0.1, 0.15) is 27.7 Å². The van der Waals surface area contributed by atoms with Crippen molar-refractivity contribution in [1.82, 2.24) is 9.47 Å². The van der Waals surface area contributed by atoms with Gasteiger partial charge in [-0.05, 0) is 53.4 Å². The van der Waals surface area contributed by atoms with E-state index in [1.54, 1.807) is 11.3 Å². The number of pyridine rings is 1. The van der Waals surface area contributed by atoms with Gasteiger partial charge in [-0.3, -0.25) is 9.59 Å². The van der Waals surface area contributed by atoms with E-state index in [1.807, 2.05) is 45.2 Å². The maximum atomic E-state index is 13.4. The number of nitrogens with zero attached hydrogens (tertiary/aromatic N) is 2. The van der Waals surface area contributed by atoms with Crippen molar-refractivity contribution >= 4 is 38.7 Å². The Morgan fingerprint density at radius 3 is 2.73 bits per heavy atom. The van der Waals surface area contributed by atoms with Crippen LogP contribution in [0.2, 0.25) is 0 Å². The van der Waals surface area contributed by atoms with Crippen LogP contribution in [-0.4, -0.2) is 28.5 Å². The molecule has 4 nitrogen and oxygen atoms in total. The Labute approximate surface area is 182 Å². The van der Waals surface area contributed by atoms with Crippen LogP contribution in [0.5, 0.6) is 0 Å². The number of thiophene rings is 2. The molecule has 6 heteroatoms. The van der Waals surface area contributed by atoms with E-state index in [-0.39, 0.29) is 17.4 Å². The first-order valence-electron chi connectivity index (χ1n) is 10.2. The summed E-state index contributed by atoms with van der Waals surface area (Å²) in [5.74, 6) is 0.679. The molecule has 1 saturated heterocycles. The van der Waals surface area contributed by atoms with Gasteiger partial charge in [0.05, 0.1) is 10.4 Å². The fourth-order valence-corrected chi connectivity index (χ4v) is 6.74. The Kier molecular flexibility index (Phi) is 4.18. The second-order valence-corrected chi connectivity index (χ2v) is 10.3. The third-order valence-corrected chi connectivity index (χ3v) is 8.32. The van der Waals surface area contributed by atoms with Gasteiger partial charge in [0, 0.05) is 40.8 Å². The van der Waals surface area contributed by atoms with Crippen LogP contribution >= 0.6 is 22.7 Å². The molecule has 2 aliphatic heterocycles. The predicted octanol–water partition coefficient (Wildman–Crippen LogP) is 5.05. The molecule has 4 aromatic rings. The van der Waals surface area contributed by atoms with Crippen LogP contribution in [0.25, 0.3) is 20.5 Å². The van der Waals surface area contributed by atoms with Crippen LogP contribution in [0.15, 0.2) is 64.8 Å². The Bertz CT molecular complexity index is 1290. The predicted molar refractivity (Wildman–Crippen MR) is 123 cm³/mol. The van der Waals surface area contributed by atoms with Crippen molar-refractivity contribution in [3.8, 4) is 10.4 Å². The van der Waals surface area contributed by atoms with Gasteiger partial charge in [-0.15, -0.1) is 22.7 Å². The minimum Gasteiger partial charge on any atom is -0.337 e. The average Bonchev–Trinajstić information content (AvgIpc) is 3.44. The van der Waals surface area contributed by atoms with Crippen molar-refractivity contribution in [2.45, 2.75) is 18.9 Å². The number of aromatic nitrogens is 1. The summed E-state index contributed by atoms with van der Waals surface area (Å²) in [6.07, 6.45) is 1.05. The van der Waals surface area contributed by atoms with Gasteiger partial charge in [0.25, 0.3) is 11.5 Å². The molecule has 5 heterocycles. The van der Waals surface area contributed by atoms with Crippen molar-refractivity contribution in [2.24, 2.45) is 5.92 Å². The lowest BCUT2D eigenvalue weighted by Crippen LogP contribution is -2.49. The lowest BCUT2D eigenvalue weighted by molar-refractivity contribution is 0.0599. The minimum atomic E-state index is 0.104. The molecule has 2 atom stereocenters. The van der Waals surface area contributed by atoms with Gasteiger partial charge in [0.15, 0.2) is 0 Å². The lowest BCUT2D eigenvalue weighted by Gasteiger charge is -2.42. The molecule has 0 spiro atoms. The standard InChI is InChI=1S/C24H20N2O2S2/c27-23-18(22-11-16-4-1-2-5-20(16)30-22)7-8-19-17-10-15(13-26(19)23)12-25(14-17)24(28)21-6-3-9-29-21/h1-9,11,15,17H,10,12-14H2/t15-,17+/m0/s1. The number of likely N-dealkylation sites (tertiary alicyclic amines) is 1.